The van der Waals surface area contributed by atoms with Gasteiger partial charge in [-0.25, -0.2) is 8.78 Å². The summed E-state index contributed by atoms with van der Waals surface area (Å²) in [6, 6.07) is 18.8. The number of ether oxygens (including phenoxy) is 2. The van der Waals surface area contributed by atoms with E-state index < -0.39 is 11.6 Å². The lowest BCUT2D eigenvalue weighted by Gasteiger charge is -2.19. The van der Waals surface area contributed by atoms with Crippen LogP contribution in [0.5, 0.6) is 11.5 Å². The van der Waals surface area contributed by atoms with Gasteiger partial charge < -0.3 is 18.3 Å². The van der Waals surface area contributed by atoms with E-state index in [1.807, 2.05) is 24.3 Å². The lowest BCUT2D eigenvalue weighted by molar-refractivity contribution is 0.258. The van der Waals surface area contributed by atoms with E-state index in [4.69, 9.17) is 18.3 Å². The number of halogens is 2. The van der Waals surface area contributed by atoms with Crippen LogP contribution in [0.1, 0.15) is 90.9 Å². The Kier molecular flexibility index (Phi) is 9.11. The van der Waals surface area contributed by atoms with Crippen molar-refractivity contribution in [3.63, 3.8) is 0 Å². The van der Waals surface area contributed by atoms with Crippen LogP contribution in [0.25, 0.3) is 76.2 Å². The van der Waals surface area contributed by atoms with Crippen LogP contribution in [0, 0.1) is 11.6 Å². The van der Waals surface area contributed by atoms with Crippen LogP contribution in [0.15, 0.2) is 69.5 Å². The minimum atomic E-state index is -0.925. The van der Waals surface area contributed by atoms with Gasteiger partial charge in [-0.15, -0.1) is 0 Å². The molecule has 0 amide bonds. The molecule has 6 aromatic carbocycles. The second-order valence-corrected chi connectivity index (χ2v) is 13.9. The fourth-order valence-electron chi connectivity index (χ4n) is 7.82. The van der Waals surface area contributed by atoms with Crippen molar-refractivity contribution in [2.24, 2.45) is 0 Å². The first kappa shape index (κ1) is 32.6. The van der Waals surface area contributed by atoms with Crippen molar-refractivity contribution in [3.8, 4) is 11.5 Å². The van der Waals surface area contributed by atoms with E-state index in [0.29, 0.717) is 29.8 Å². The molecular formula is C44H44F2O4. The lowest BCUT2D eigenvalue weighted by Crippen LogP contribution is -2.03. The predicted molar refractivity (Wildman–Crippen MR) is 202 cm³/mol. The van der Waals surface area contributed by atoms with Gasteiger partial charge in [0.05, 0.1) is 13.2 Å². The molecule has 0 atom stereocenters. The molecule has 0 spiro atoms. The second kappa shape index (κ2) is 14.0. The summed E-state index contributed by atoms with van der Waals surface area (Å²) in [5.41, 5.74) is 2.48. The first-order valence-corrected chi connectivity index (χ1v) is 18.6. The zero-order valence-corrected chi connectivity index (χ0v) is 29.1. The molecule has 50 heavy (non-hydrogen) atoms. The molecule has 0 fully saturated rings. The van der Waals surface area contributed by atoms with Gasteiger partial charge in [-0.2, -0.15) is 0 Å². The fourth-order valence-corrected chi connectivity index (χ4v) is 7.82. The van der Waals surface area contributed by atoms with Gasteiger partial charge in [-0.05, 0) is 58.7 Å². The second-order valence-electron chi connectivity index (χ2n) is 13.9. The van der Waals surface area contributed by atoms with Crippen LogP contribution in [-0.4, -0.2) is 13.2 Å². The SMILES string of the molecule is CCCCCCCCOc1cc2oc3cc4ccc5c6cc(F)c(F)cc6oc6cc7ccc(c2cc1OCCCCCCCC)c3c7c4c65. The van der Waals surface area contributed by atoms with E-state index >= 15 is 0 Å². The first-order valence-electron chi connectivity index (χ1n) is 18.6. The molecule has 0 aliphatic carbocycles. The van der Waals surface area contributed by atoms with E-state index in [1.54, 1.807) is 0 Å². The Labute approximate surface area is 290 Å². The van der Waals surface area contributed by atoms with Gasteiger partial charge in [-0.3, -0.25) is 0 Å². The lowest BCUT2D eigenvalue weighted by atomic mass is 9.88. The number of hydrogen-bond acceptors (Lipinski definition) is 4. The molecule has 0 unspecified atom stereocenters. The molecule has 8 aromatic rings. The van der Waals surface area contributed by atoms with Crippen LogP contribution in [0.3, 0.4) is 0 Å². The highest BCUT2D eigenvalue weighted by Gasteiger charge is 2.22. The standard InChI is InChI=1S/C44H44F2O4/c1-3-5-7-9-11-13-19-47-37-24-32-30-18-16-28-21-39-43-29(31-23-33(45)34(46)25-35(31)49-39)17-15-27-22-40(44(30)42(28)41(27)43)50-36(32)26-38(37)48-20-14-12-10-8-6-4-2/h15-18,21-26H,3-14,19-20H2,1-2H3. The normalized spacial score (nSPS) is 12.3. The summed E-state index contributed by atoms with van der Waals surface area (Å²) in [4.78, 5) is 0. The number of rotatable bonds is 16. The zero-order chi connectivity index (χ0) is 34.2. The minimum absolute atomic E-state index is 0.316. The molecule has 0 radical (unpaired) electrons. The average Bonchev–Trinajstić information content (AvgIpc) is 3.12. The third kappa shape index (κ3) is 5.87. The molecule has 0 saturated carbocycles. The fraction of sp³-hybridized carbons (Fsp3) is 0.364. The number of unbranched alkanes of at least 4 members (excludes halogenated alkanes) is 10. The Morgan fingerprint density at radius 3 is 1.46 bits per heavy atom. The van der Waals surface area contributed by atoms with Crippen molar-refractivity contribution in [2.75, 3.05) is 13.2 Å². The number of fused-ring (bicyclic) bond motifs is 4. The van der Waals surface area contributed by atoms with Crippen LogP contribution in [0.2, 0.25) is 0 Å². The molecule has 8 rings (SSSR count). The number of hydrogen-bond donors (Lipinski definition) is 0. The summed E-state index contributed by atoms with van der Waals surface area (Å²) in [5, 5.41) is 9.38. The maximum atomic E-state index is 14.5. The van der Waals surface area contributed by atoms with Gasteiger partial charge in [0.15, 0.2) is 23.1 Å². The minimum Gasteiger partial charge on any atom is -0.490 e. The highest BCUT2D eigenvalue weighted by Crippen LogP contribution is 2.48. The van der Waals surface area contributed by atoms with Crippen LogP contribution in [-0.2, 0) is 0 Å². The molecule has 0 bridgehead atoms. The number of benzene rings is 6. The average molecular weight is 675 g/mol. The van der Waals surface area contributed by atoms with E-state index in [-0.39, 0.29) is 0 Å². The highest BCUT2D eigenvalue weighted by atomic mass is 19.2. The largest absolute Gasteiger partial charge is 0.490 e. The van der Waals surface area contributed by atoms with E-state index in [2.05, 4.69) is 38.1 Å². The molecule has 4 nitrogen and oxygen atoms in total. The van der Waals surface area contributed by atoms with Crippen molar-refractivity contribution < 1.29 is 27.1 Å². The Bertz CT molecular complexity index is 2450. The van der Waals surface area contributed by atoms with Gasteiger partial charge in [0.25, 0.3) is 0 Å². The highest BCUT2D eigenvalue weighted by molar-refractivity contribution is 6.38. The van der Waals surface area contributed by atoms with Crippen molar-refractivity contribution in [1.82, 2.24) is 0 Å². The van der Waals surface area contributed by atoms with Crippen molar-refractivity contribution >= 4 is 76.2 Å². The maximum absolute atomic E-state index is 14.5. The molecule has 0 saturated heterocycles. The van der Waals surface area contributed by atoms with E-state index in [1.165, 1.54) is 57.4 Å². The molecule has 2 aromatic heterocycles. The van der Waals surface area contributed by atoms with Crippen LogP contribution >= 0.6 is 0 Å². The quantitative estimate of drug-likeness (QED) is 0.0581. The van der Waals surface area contributed by atoms with Crippen molar-refractivity contribution in [3.05, 3.63) is 72.3 Å². The first-order chi connectivity index (χ1) is 24.6. The zero-order valence-electron chi connectivity index (χ0n) is 29.1. The summed E-state index contributed by atoms with van der Waals surface area (Å²) in [5.74, 6) is -0.344. The third-order valence-electron chi connectivity index (χ3n) is 10.4. The van der Waals surface area contributed by atoms with E-state index in [9.17, 15) is 8.78 Å². The Balaban J connectivity index is 1.23. The molecule has 6 heteroatoms. The van der Waals surface area contributed by atoms with Crippen LogP contribution in [0.4, 0.5) is 8.78 Å². The molecule has 2 heterocycles. The van der Waals surface area contributed by atoms with Crippen molar-refractivity contribution in [2.45, 2.75) is 90.9 Å². The Morgan fingerprint density at radius 2 is 0.900 bits per heavy atom. The molecule has 0 N–H and O–H groups in total. The van der Waals surface area contributed by atoms with Gasteiger partial charge in [0, 0.05) is 44.5 Å². The molecular weight excluding hydrogens is 630 g/mol. The third-order valence-corrected chi connectivity index (χ3v) is 10.4. The monoisotopic (exact) mass is 674 g/mol. The summed E-state index contributed by atoms with van der Waals surface area (Å²) in [7, 11) is 0. The molecule has 0 aliphatic rings. The van der Waals surface area contributed by atoms with Gasteiger partial charge in [-0.1, -0.05) is 102 Å². The smallest absolute Gasteiger partial charge is 0.164 e. The van der Waals surface area contributed by atoms with E-state index in [0.717, 1.165) is 103 Å². The van der Waals surface area contributed by atoms with Crippen molar-refractivity contribution in [1.29, 1.82) is 0 Å². The van der Waals surface area contributed by atoms with Gasteiger partial charge in [0.2, 0.25) is 0 Å². The summed E-state index contributed by atoms with van der Waals surface area (Å²) < 4.78 is 54.5. The summed E-state index contributed by atoms with van der Waals surface area (Å²) in [6.07, 6.45) is 14.4. The molecule has 258 valence electrons. The van der Waals surface area contributed by atoms with Gasteiger partial charge in [0.1, 0.15) is 22.3 Å². The topological polar surface area (TPSA) is 44.7 Å². The predicted octanol–water partition coefficient (Wildman–Crippen LogP) is 14.1. The maximum Gasteiger partial charge on any atom is 0.164 e. The Morgan fingerprint density at radius 1 is 0.440 bits per heavy atom. The van der Waals surface area contributed by atoms with Crippen LogP contribution < -0.4 is 9.47 Å². The van der Waals surface area contributed by atoms with Gasteiger partial charge >= 0.3 is 0 Å². The molecule has 0 aliphatic heterocycles. The Hall–Kier alpha value is -4.58. The summed E-state index contributed by atoms with van der Waals surface area (Å²) in [6.45, 7) is 5.76. The summed E-state index contributed by atoms with van der Waals surface area (Å²) >= 11 is 0.